The number of amides is 3. The lowest BCUT2D eigenvalue weighted by Gasteiger charge is -2.49. The van der Waals surface area contributed by atoms with Crippen LogP contribution >= 0.6 is 11.8 Å². The van der Waals surface area contributed by atoms with Crippen LogP contribution in [0.3, 0.4) is 0 Å². The summed E-state index contributed by atoms with van der Waals surface area (Å²) in [6, 6.07) is 0.389. The van der Waals surface area contributed by atoms with E-state index in [4.69, 9.17) is 25.1 Å². The highest BCUT2D eigenvalue weighted by molar-refractivity contribution is 8.00. The van der Waals surface area contributed by atoms with Gasteiger partial charge in [-0.2, -0.15) is 9.55 Å². The van der Waals surface area contributed by atoms with Crippen LogP contribution in [0.1, 0.15) is 16.1 Å². The fraction of sp³-hybridized carbons (Fsp3) is 0.227. The third kappa shape index (κ3) is 4.19. The second-order valence-electron chi connectivity index (χ2n) is 8.22. The molecule has 0 aromatic carbocycles. The van der Waals surface area contributed by atoms with Gasteiger partial charge in [-0.05, 0) is 6.07 Å². The maximum absolute atomic E-state index is 13.0. The lowest BCUT2D eigenvalue weighted by atomic mass is 10.0. The minimum Gasteiger partial charge on any atom is -0.477 e. The molecule has 0 aliphatic carbocycles. The number of nitrogens with one attached hydrogen (secondary N) is 1. The van der Waals surface area contributed by atoms with Crippen LogP contribution in [0, 0.1) is 0 Å². The summed E-state index contributed by atoms with van der Waals surface area (Å²) < 4.78 is 11.9. The Morgan fingerprint density at radius 2 is 2.16 bits per heavy atom. The van der Waals surface area contributed by atoms with E-state index in [0.29, 0.717) is 16.5 Å². The highest BCUT2D eigenvalue weighted by Crippen LogP contribution is 2.40. The van der Waals surface area contributed by atoms with Gasteiger partial charge in [0.25, 0.3) is 23.7 Å². The molecule has 0 spiro atoms. The number of fused-ring (bicyclic) bond motifs is 2. The number of pyridine rings is 1. The molecule has 2 atom stereocenters. The number of anilines is 1. The van der Waals surface area contributed by atoms with E-state index in [1.165, 1.54) is 31.3 Å². The summed E-state index contributed by atoms with van der Waals surface area (Å²) in [6.07, 6.45) is 5.63. The number of oxime groups is 1. The number of thioether (sulfide) groups is 1. The fourth-order valence-electron chi connectivity index (χ4n) is 4.28. The molecule has 3 amide bonds. The molecule has 15 nitrogen and oxygen atoms in total. The van der Waals surface area contributed by atoms with Crippen LogP contribution in [-0.2, 0) is 25.8 Å². The molecule has 1 fully saturated rings. The molecule has 196 valence electrons. The highest BCUT2D eigenvalue weighted by Gasteiger charge is 2.55. The number of carboxylic acid groups (broad SMARTS) is 1. The Kier molecular flexibility index (Phi) is 6.23. The average molecular weight is 543 g/mol. The monoisotopic (exact) mass is 542 g/mol. The van der Waals surface area contributed by atoms with Gasteiger partial charge in [-0.3, -0.25) is 19.3 Å². The topological polar surface area (TPSA) is 220 Å². The summed E-state index contributed by atoms with van der Waals surface area (Å²) in [5.74, 6) is -3.15. The van der Waals surface area contributed by atoms with Crippen molar-refractivity contribution in [3.8, 4) is 0 Å². The van der Waals surface area contributed by atoms with Crippen LogP contribution in [0.25, 0.3) is 11.0 Å². The third-order valence-electron chi connectivity index (χ3n) is 5.90. The first-order chi connectivity index (χ1) is 18.2. The molecular formula is C22H20N7O8S+. The molecule has 5 heterocycles. The van der Waals surface area contributed by atoms with Crippen LogP contribution in [0.5, 0.6) is 0 Å². The summed E-state index contributed by atoms with van der Waals surface area (Å²) in [5, 5.41) is 16.0. The minimum atomic E-state index is -1.31. The molecule has 38 heavy (non-hydrogen) atoms. The van der Waals surface area contributed by atoms with Crippen molar-refractivity contribution in [3.05, 3.63) is 53.5 Å². The summed E-state index contributed by atoms with van der Waals surface area (Å²) in [5.41, 5.74) is 11.5. The number of carboxylic acids is 1. The number of hydrogen-bond donors (Lipinski definition) is 4. The molecule has 2 aliphatic rings. The van der Waals surface area contributed by atoms with Crippen LogP contribution in [0.4, 0.5) is 6.01 Å². The molecule has 0 bridgehead atoms. The van der Waals surface area contributed by atoms with Gasteiger partial charge in [0.15, 0.2) is 24.0 Å². The molecule has 5 rings (SSSR count). The molecule has 1 saturated heterocycles. The minimum absolute atomic E-state index is 0.00364. The van der Waals surface area contributed by atoms with E-state index in [2.05, 4.69) is 15.5 Å². The highest BCUT2D eigenvalue weighted by atomic mass is 32.2. The summed E-state index contributed by atoms with van der Waals surface area (Å²) >= 11 is 1.27. The Morgan fingerprint density at radius 1 is 1.37 bits per heavy atom. The number of nitrogens with zero attached hydrogens (tertiary/aromatic N) is 4. The SMILES string of the molecule is CON=C(C(=O)NC1C(=O)N2C(C(=O)O)=C(C[n+]3cc(C(N)=O)c4ccoc4c3)CS[C@@H]12)c1coc(N)n1. The molecule has 0 saturated carbocycles. The van der Waals surface area contributed by atoms with Gasteiger partial charge >= 0.3 is 5.97 Å². The number of oxazole rings is 1. The number of nitrogens with two attached hydrogens (primary N) is 2. The number of carbonyl (C=O) groups is 4. The van der Waals surface area contributed by atoms with E-state index < -0.39 is 35.1 Å². The summed E-state index contributed by atoms with van der Waals surface area (Å²) in [6.45, 7) is 0.0529. The normalized spacial score (nSPS) is 19.2. The van der Waals surface area contributed by atoms with Crippen LogP contribution in [-0.4, -0.2) is 68.7 Å². The lowest BCUT2D eigenvalue weighted by Crippen LogP contribution is -2.71. The van der Waals surface area contributed by atoms with Crippen molar-refractivity contribution in [1.82, 2.24) is 15.2 Å². The van der Waals surface area contributed by atoms with E-state index in [1.807, 2.05) is 0 Å². The summed E-state index contributed by atoms with van der Waals surface area (Å²) in [4.78, 5) is 59.7. The first kappa shape index (κ1) is 24.8. The van der Waals surface area contributed by atoms with E-state index in [0.717, 1.165) is 11.2 Å². The third-order valence-corrected chi connectivity index (χ3v) is 7.24. The van der Waals surface area contributed by atoms with Crippen LogP contribution in [0.2, 0.25) is 0 Å². The van der Waals surface area contributed by atoms with Gasteiger partial charge in [0.2, 0.25) is 6.20 Å². The quantitative estimate of drug-likeness (QED) is 0.119. The van der Waals surface area contributed by atoms with Crippen molar-refractivity contribution in [3.63, 3.8) is 0 Å². The van der Waals surface area contributed by atoms with Gasteiger partial charge < -0.3 is 35.6 Å². The molecule has 3 aromatic rings. The van der Waals surface area contributed by atoms with Gasteiger partial charge in [0.1, 0.15) is 41.7 Å². The number of carbonyl (C=O) groups excluding carboxylic acids is 3. The second-order valence-corrected chi connectivity index (χ2v) is 9.32. The zero-order chi connectivity index (χ0) is 27.1. The number of nitrogen functional groups attached to an aromatic ring is 1. The molecule has 0 radical (unpaired) electrons. The predicted molar refractivity (Wildman–Crippen MR) is 129 cm³/mol. The number of rotatable bonds is 8. The molecular weight excluding hydrogens is 522 g/mol. The number of hydrogen-bond acceptors (Lipinski definition) is 11. The maximum atomic E-state index is 13.0. The Balaban J connectivity index is 1.39. The van der Waals surface area contributed by atoms with Gasteiger partial charge in [0.05, 0.1) is 6.26 Å². The maximum Gasteiger partial charge on any atom is 0.352 e. The smallest absolute Gasteiger partial charge is 0.352 e. The van der Waals surface area contributed by atoms with Gasteiger partial charge in [-0.15, -0.1) is 11.8 Å². The first-order valence-corrected chi connectivity index (χ1v) is 12.0. The van der Waals surface area contributed by atoms with E-state index >= 15 is 0 Å². The van der Waals surface area contributed by atoms with Crippen molar-refractivity contribution < 1.29 is 42.5 Å². The standard InChI is InChI=1S/C22H19N7O8S/c1-35-27-14(12-7-37-22(24)25-12)18(31)26-15-19(32)29-16(21(33)34)9(8-38-20(15)29)4-28-5-11(17(23)30)10-2-3-36-13(10)6-28/h2-3,5-7,15,20H,4,8H2,1H3,(H5-,23,24,25,26,30,31,33,34)/p+1/t15?,20-/m0/s1. The Morgan fingerprint density at radius 3 is 2.82 bits per heavy atom. The van der Waals surface area contributed by atoms with Crippen molar-refractivity contribution >= 4 is 58.1 Å². The van der Waals surface area contributed by atoms with E-state index in [1.54, 1.807) is 16.8 Å². The second kappa shape index (κ2) is 9.55. The lowest BCUT2D eigenvalue weighted by molar-refractivity contribution is -0.688. The largest absolute Gasteiger partial charge is 0.477 e. The molecule has 2 aliphatic heterocycles. The first-order valence-electron chi connectivity index (χ1n) is 10.9. The Labute approximate surface area is 217 Å². The number of β-lactam (4-membered cyclic amide) rings is 1. The number of aliphatic carboxylic acids is 1. The molecule has 1 unspecified atom stereocenters. The number of primary amides is 1. The van der Waals surface area contributed by atoms with Crippen molar-refractivity contribution in [2.75, 3.05) is 18.6 Å². The Bertz CT molecular complexity index is 1560. The van der Waals surface area contributed by atoms with Crippen molar-refractivity contribution in [2.24, 2.45) is 10.9 Å². The number of aromatic nitrogens is 2. The van der Waals surface area contributed by atoms with E-state index in [-0.39, 0.29) is 41.0 Å². The molecule has 6 N–H and O–H groups in total. The molecule has 3 aromatic heterocycles. The average Bonchev–Trinajstić information content (AvgIpc) is 3.53. The zero-order valence-electron chi connectivity index (χ0n) is 19.6. The van der Waals surface area contributed by atoms with Gasteiger partial charge in [-0.25, -0.2) is 4.79 Å². The van der Waals surface area contributed by atoms with Gasteiger partial charge in [-0.1, -0.05) is 5.16 Å². The van der Waals surface area contributed by atoms with Gasteiger partial charge in [0, 0.05) is 16.7 Å². The van der Waals surface area contributed by atoms with E-state index in [9.17, 15) is 24.3 Å². The predicted octanol–water partition coefficient (Wildman–Crippen LogP) is -0.821. The zero-order valence-corrected chi connectivity index (χ0v) is 20.4. The van der Waals surface area contributed by atoms with Crippen LogP contribution in [0.15, 0.2) is 56.2 Å². The van der Waals surface area contributed by atoms with Crippen LogP contribution < -0.4 is 21.4 Å². The fourth-order valence-corrected chi connectivity index (χ4v) is 5.62. The van der Waals surface area contributed by atoms with Crippen molar-refractivity contribution in [2.45, 2.75) is 18.0 Å². The Hall–Kier alpha value is -4.86. The number of furan rings is 1. The summed E-state index contributed by atoms with van der Waals surface area (Å²) in [7, 11) is 1.23. The molecule has 16 heteroatoms. The van der Waals surface area contributed by atoms with Crippen molar-refractivity contribution in [1.29, 1.82) is 0 Å².